The Bertz CT molecular complexity index is 774. The van der Waals surface area contributed by atoms with Gasteiger partial charge in [-0.1, -0.05) is 11.3 Å². The summed E-state index contributed by atoms with van der Waals surface area (Å²) in [6.45, 7) is 8.11. The van der Waals surface area contributed by atoms with Gasteiger partial charge in [-0.05, 0) is 32.6 Å². The van der Waals surface area contributed by atoms with Crippen molar-refractivity contribution in [3.8, 4) is 0 Å². The molecule has 3 aliphatic rings. The van der Waals surface area contributed by atoms with Crippen LogP contribution < -0.4 is 14.7 Å². The zero-order valence-electron chi connectivity index (χ0n) is 15.3. The number of anilines is 3. The second-order valence-corrected chi connectivity index (χ2v) is 8.48. The third kappa shape index (κ3) is 3.22. The minimum Gasteiger partial charge on any atom is -0.356 e. The first-order chi connectivity index (χ1) is 12.8. The fraction of sp³-hybridized carbons (Fsp3) is 0.667. The van der Waals surface area contributed by atoms with Crippen LogP contribution in [0.15, 0.2) is 6.07 Å². The van der Waals surface area contributed by atoms with Crippen molar-refractivity contribution in [2.24, 2.45) is 0 Å². The average Bonchev–Trinajstić information content (AvgIpc) is 3.17. The molecule has 0 unspecified atom stereocenters. The van der Waals surface area contributed by atoms with Gasteiger partial charge in [0, 0.05) is 51.3 Å². The van der Waals surface area contributed by atoms with Gasteiger partial charge < -0.3 is 14.7 Å². The van der Waals surface area contributed by atoms with E-state index in [9.17, 15) is 0 Å². The number of aromatic nitrogens is 4. The summed E-state index contributed by atoms with van der Waals surface area (Å²) in [7, 11) is 0. The molecule has 26 heavy (non-hydrogen) atoms. The van der Waals surface area contributed by atoms with Crippen LogP contribution in [0, 0.1) is 6.92 Å². The second-order valence-electron chi connectivity index (χ2n) is 7.50. The van der Waals surface area contributed by atoms with Crippen LogP contribution in [0.25, 0.3) is 0 Å². The van der Waals surface area contributed by atoms with E-state index in [1.807, 2.05) is 6.92 Å². The van der Waals surface area contributed by atoms with Gasteiger partial charge in [-0.15, -0.1) is 10.2 Å². The Morgan fingerprint density at radius 1 is 0.846 bits per heavy atom. The highest BCUT2D eigenvalue weighted by Gasteiger charge is 2.29. The zero-order valence-corrected chi connectivity index (χ0v) is 16.1. The molecule has 2 aromatic rings. The molecule has 0 radical (unpaired) electrons. The fourth-order valence-corrected chi connectivity index (χ4v) is 4.85. The first-order valence-corrected chi connectivity index (χ1v) is 10.5. The molecule has 0 atom stereocenters. The molecule has 0 spiro atoms. The maximum Gasteiger partial charge on any atom is 0.208 e. The van der Waals surface area contributed by atoms with Crippen LogP contribution >= 0.6 is 11.3 Å². The number of aryl methyl sites for hydroxylation is 1. The molecule has 5 rings (SSSR count). The van der Waals surface area contributed by atoms with Crippen LogP contribution in [0.5, 0.6) is 0 Å². The lowest BCUT2D eigenvalue weighted by Gasteiger charge is -2.35. The monoisotopic (exact) mass is 371 g/mol. The molecule has 0 amide bonds. The molecular formula is C18H25N7S. The summed E-state index contributed by atoms with van der Waals surface area (Å²) in [6.07, 6.45) is 5.10. The molecule has 2 saturated heterocycles. The van der Waals surface area contributed by atoms with Crippen LogP contribution in [-0.4, -0.2) is 59.4 Å². The molecular weight excluding hydrogens is 346 g/mol. The standard InChI is InChI=1S/C18H25N7S/c1-13-19-15(23-6-2-3-7-23)12-16(20-13)24-8-10-25(11-9-24)18-22-21-17(26-18)14-4-5-14/h12,14H,2-11H2,1H3. The topological polar surface area (TPSA) is 61.3 Å². The van der Waals surface area contributed by atoms with E-state index in [1.54, 1.807) is 11.3 Å². The predicted molar refractivity (Wildman–Crippen MR) is 105 cm³/mol. The van der Waals surface area contributed by atoms with Crippen molar-refractivity contribution in [3.63, 3.8) is 0 Å². The number of rotatable bonds is 4. The minimum absolute atomic E-state index is 0.690. The predicted octanol–water partition coefficient (Wildman–Crippen LogP) is 2.44. The largest absolute Gasteiger partial charge is 0.356 e. The maximum atomic E-state index is 4.71. The third-order valence-electron chi connectivity index (χ3n) is 5.47. The Hall–Kier alpha value is -1.96. The molecule has 2 aromatic heterocycles. The van der Waals surface area contributed by atoms with Crippen molar-refractivity contribution in [2.75, 3.05) is 54.0 Å². The van der Waals surface area contributed by atoms with Gasteiger partial charge in [0.1, 0.15) is 22.5 Å². The van der Waals surface area contributed by atoms with E-state index < -0.39 is 0 Å². The molecule has 2 aliphatic heterocycles. The third-order valence-corrected chi connectivity index (χ3v) is 6.62. The lowest BCUT2D eigenvalue weighted by molar-refractivity contribution is 0.641. The first-order valence-electron chi connectivity index (χ1n) is 9.70. The summed E-state index contributed by atoms with van der Waals surface area (Å²) >= 11 is 1.78. The van der Waals surface area contributed by atoms with Gasteiger partial charge in [0.15, 0.2) is 0 Å². The first kappa shape index (κ1) is 16.2. The van der Waals surface area contributed by atoms with E-state index in [2.05, 4.69) is 35.9 Å². The Kier molecular flexibility index (Phi) is 4.15. The van der Waals surface area contributed by atoms with Gasteiger partial charge >= 0.3 is 0 Å². The normalized spacial score (nSPS) is 20.9. The van der Waals surface area contributed by atoms with Gasteiger partial charge in [0.2, 0.25) is 5.13 Å². The van der Waals surface area contributed by atoms with Gasteiger partial charge in [-0.3, -0.25) is 0 Å². The highest BCUT2D eigenvalue weighted by atomic mass is 32.1. The summed E-state index contributed by atoms with van der Waals surface area (Å²) in [5.41, 5.74) is 0. The smallest absolute Gasteiger partial charge is 0.208 e. The van der Waals surface area contributed by atoms with E-state index in [0.29, 0.717) is 5.92 Å². The molecule has 0 bridgehead atoms. The number of hydrogen-bond donors (Lipinski definition) is 0. The molecule has 7 nitrogen and oxygen atoms in total. The fourth-order valence-electron chi connectivity index (χ4n) is 3.78. The number of piperazine rings is 1. The summed E-state index contributed by atoms with van der Waals surface area (Å²) in [6, 6.07) is 2.17. The number of nitrogens with zero attached hydrogens (tertiary/aromatic N) is 7. The van der Waals surface area contributed by atoms with Crippen molar-refractivity contribution in [3.05, 3.63) is 16.9 Å². The van der Waals surface area contributed by atoms with Gasteiger partial charge in [-0.2, -0.15) is 0 Å². The van der Waals surface area contributed by atoms with E-state index in [0.717, 1.165) is 61.9 Å². The number of hydrogen-bond acceptors (Lipinski definition) is 8. The van der Waals surface area contributed by atoms with Crippen LogP contribution in [0.1, 0.15) is 42.4 Å². The Morgan fingerprint density at radius 2 is 1.46 bits per heavy atom. The molecule has 1 saturated carbocycles. The zero-order chi connectivity index (χ0) is 17.5. The van der Waals surface area contributed by atoms with Crippen LogP contribution in [0.4, 0.5) is 16.8 Å². The summed E-state index contributed by atoms with van der Waals surface area (Å²) in [4.78, 5) is 16.5. The maximum absolute atomic E-state index is 4.71. The molecule has 0 N–H and O–H groups in total. The minimum atomic E-state index is 0.690. The molecule has 0 aromatic carbocycles. The van der Waals surface area contributed by atoms with E-state index in [4.69, 9.17) is 4.98 Å². The molecule has 138 valence electrons. The van der Waals surface area contributed by atoms with Crippen LogP contribution in [0.3, 0.4) is 0 Å². The van der Waals surface area contributed by atoms with Crippen LogP contribution in [0.2, 0.25) is 0 Å². The lowest BCUT2D eigenvalue weighted by Crippen LogP contribution is -2.47. The van der Waals surface area contributed by atoms with Gasteiger partial charge in [0.05, 0.1) is 0 Å². The average molecular weight is 372 g/mol. The molecule has 4 heterocycles. The summed E-state index contributed by atoms with van der Waals surface area (Å²) in [5.74, 6) is 3.71. The van der Waals surface area contributed by atoms with E-state index in [1.165, 1.54) is 30.7 Å². The van der Waals surface area contributed by atoms with E-state index in [-0.39, 0.29) is 0 Å². The van der Waals surface area contributed by atoms with Crippen molar-refractivity contribution in [2.45, 2.75) is 38.5 Å². The van der Waals surface area contributed by atoms with Gasteiger partial charge in [-0.25, -0.2) is 9.97 Å². The highest BCUT2D eigenvalue weighted by Crippen LogP contribution is 2.42. The molecule has 3 fully saturated rings. The molecule has 1 aliphatic carbocycles. The quantitative estimate of drug-likeness (QED) is 0.818. The second kappa shape index (κ2) is 6.64. The van der Waals surface area contributed by atoms with Crippen molar-refractivity contribution in [1.29, 1.82) is 0 Å². The lowest BCUT2D eigenvalue weighted by atomic mass is 10.3. The van der Waals surface area contributed by atoms with Crippen molar-refractivity contribution < 1.29 is 0 Å². The highest BCUT2D eigenvalue weighted by molar-refractivity contribution is 7.15. The van der Waals surface area contributed by atoms with Crippen molar-refractivity contribution >= 4 is 28.1 Å². The van der Waals surface area contributed by atoms with Gasteiger partial charge in [0.25, 0.3) is 0 Å². The van der Waals surface area contributed by atoms with Crippen LogP contribution in [-0.2, 0) is 0 Å². The van der Waals surface area contributed by atoms with Crippen molar-refractivity contribution in [1.82, 2.24) is 20.2 Å². The summed E-state index contributed by atoms with van der Waals surface area (Å²) < 4.78 is 0. The Balaban J connectivity index is 1.27. The Morgan fingerprint density at radius 3 is 2.12 bits per heavy atom. The van der Waals surface area contributed by atoms with E-state index >= 15 is 0 Å². The molecule has 8 heteroatoms. The SMILES string of the molecule is Cc1nc(N2CCCC2)cc(N2CCN(c3nnc(C4CC4)s3)CC2)n1. The summed E-state index contributed by atoms with van der Waals surface area (Å²) in [5, 5.41) is 11.1. The Labute approximate surface area is 158 Å².